The highest BCUT2D eigenvalue weighted by Crippen LogP contribution is 2.30. The molecule has 3 N–H and O–H groups in total. The number of nitrogens with two attached hydrogens (primary N) is 1. The number of rotatable bonds is 5. The van der Waals surface area contributed by atoms with Gasteiger partial charge in [0.05, 0.1) is 17.2 Å². The maximum absolute atomic E-state index is 11.6. The van der Waals surface area contributed by atoms with E-state index in [-0.39, 0.29) is 12.2 Å². The van der Waals surface area contributed by atoms with Crippen LogP contribution in [0.25, 0.3) is 11.0 Å². The number of hydrogen-bond acceptors (Lipinski definition) is 4. The third-order valence-electron chi connectivity index (χ3n) is 5.65. The monoisotopic (exact) mass is 342 g/mol. The Balaban J connectivity index is 1.41. The second-order valence-electron chi connectivity index (χ2n) is 7.29. The van der Waals surface area contributed by atoms with Crippen LogP contribution in [0.3, 0.4) is 0 Å². The highest BCUT2D eigenvalue weighted by Gasteiger charge is 2.30. The van der Waals surface area contributed by atoms with Crippen LogP contribution in [0.5, 0.6) is 0 Å². The van der Waals surface area contributed by atoms with Crippen LogP contribution in [0.15, 0.2) is 18.2 Å². The minimum absolute atomic E-state index is 0.131. The molecule has 2 aromatic rings. The molecule has 2 heterocycles. The SMILES string of the molecule is CC(OC1CCN(C2CCC2)CC1)c1nc2c(C(N)=O)cccc2[nH]1. The summed E-state index contributed by atoms with van der Waals surface area (Å²) in [6.45, 7) is 4.28. The van der Waals surface area contributed by atoms with Gasteiger partial charge < -0.3 is 20.4 Å². The molecule has 2 fully saturated rings. The Kier molecular flexibility index (Phi) is 4.48. The third kappa shape index (κ3) is 3.28. The maximum Gasteiger partial charge on any atom is 0.250 e. The summed E-state index contributed by atoms with van der Waals surface area (Å²) >= 11 is 0. The summed E-state index contributed by atoms with van der Waals surface area (Å²) in [5, 5.41) is 0. The number of nitrogens with one attached hydrogen (secondary N) is 1. The smallest absolute Gasteiger partial charge is 0.250 e. The van der Waals surface area contributed by atoms with Crippen molar-refractivity contribution in [2.75, 3.05) is 13.1 Å². The van der Waals surface area contributed by atoms with Crippen LogP contribution in [0.4, 0.5) is 0 Å². The number of benzene rings is 1. The molecule has 1 aromatic carbocycles. The lowest BCUT2D eigenvalue weighted by molar-refractivity contribution is -0.0497. The lowest BCUT2D eigenvalue weighted by Gasteiger charge is -2.42. The molecule has 6 nitrogen and oxygen atoms in total. The average Bonchev–Trinajstić information content (AvgIpc) is 2.99. The number of carbonyl (C=O) groups is 1. The Morgan fingerprint density at radius 3 is 2.72 bits per heavy atom. The van der Waals surface area contributed by atoms with Crippen molar-refractivity contribution in [3.8, 4) is 0 Å². The lowest BCUT2D eigenvalue weighted by atomic mass is 9.90. The van der Waals surface area contributed by atoms with E-state index < -0.39 is 5.91 Å². The van der Waals surface area contributed by atoms with E-state index in [9.17, 15) is 4.79 Å². The van der Waals surface area contributed by atoms with E-state index in [0.717, 1.165) is 43.3 Å². The Labute approximate surface area is 147 Å². The predicted octanol–water partition coefficient (Wildman–Crippen LogP) is 2.76. The van der Waals surface area contributed by atoms with Crippen molar-refractivity contribution in [1.29, 1.82) is 0 Å². The summed E-state index contributed by atoms with van der Waals surface area (Å²) in [6.07, 6.45) is 6.41. The molecule has 0 radical (unpaired) electrons. The van der Waals surface area contributed by atoms with Crippen LogP contribution >= 0.6 is 0 Å². The zero-order chi connectivity index (χ0) is 17.4. The molecule has 1 saturated carbocycles. The second-order valence-corrected chi connectivity index (χ2v) is 7.29. The standard InChI is InChI=1S/C19H26N4O2/c1-12(25-14-8-10-23(11-9-14)13-4-2-5-13)19-21-16-7-3-6-15(18(20)24)17(16)22-19/h3,6-7,12-14H,2,4-5,8-11H2,1H3,(H2,20,24)(H,21,22). The highest BCUT2D eigenvalue weighted by molar-refractivity contribution is 6.04. The van der Waals surface area contributed by atoms with Crippen molar-refractivity contribution in [3.63, 3.8) is 0 Å². The van der Waals surface area contributed by atoms with Crippen LogP contribution in [-0.4, -0.2) is 46.0 Å². The number of imidazole rings is 1. The Bertz CT molecular complexity index is 760. The van der Waals surface area contributed by atoms with Gasteiger partial charge in [-0.3, -0.25) is 4.79 Å². The fraction of sp³-hybridized carbons (Fsp3) is 0.579. The summed E-state index contributed by atoms with van der Waals surface area (Å²) in [7, 11) is 0. The Morgan fingerprint density at radius 2 is 2.08 bits per heavy atom. The molecule has 1 amide bonds. The van der Waals surface area contributed by atoms with Crippen LogP contribution in [0.2, 0.25) is 0 Å². The summed E-state index contributed by atoms with van der Waals surface area (Å²) in [5.74, 6) is 0.297. The molecule has 1 aliphatic carbocycles. The molecule has 0 spiro atoms. The summed E-state index contributed by atoms with van der Waals surface area (Å²) < 4.78 is 6.25. The van der Waals surface area contributed by atoms with Crippen LogP contribution in [0, 0.1) is 0 Å². The van der Waals surface area contributed by atoms with Gasteiger partial charge >= 0.3 is 0 Å². The zero-order valence-electron chi connectivity index (χ0n) is 14.7. The van der Waals surface area contributed by atoms with Gasteiger partial charge in [0.2, 0.25) is 0 Å². The number of primary amides is 1. The number of H-pyrrole nitrogens is 1. The topological polar surface area (TPSA) is 84.2 Å². The molecule has 6 heteroatoms. The van der Waals surface area contributed by atoms with Gasteiger partial charge in [-0.1, -0.05) is 12.5 Å². The highest BCUT2D eigenvalue weighted by atomic mass is 16.5. The minimum atomic E-state index is -0.458. The van der Waals surface area contributed by atoms with Gasteiger partial charge in [-0.15, -0.1) is 0 Å². The molecule has 0 bridgehead atoms. The number of amides is 1. The first-order valence-corrected chi connectivity index (χ1v) is 9.30. The number of aromatic nitrogens is 2. The van der Waals surface area contributed by atoms with E-state index in [2.05, 4.69) is 14.9 Å². The normalized spacial score (nSPS) is 21.3. The fourth-order valence-electron chi connectivity index (χ4n) is 3.92. The van der Waals surface area contributed by atoms with Gasteiger partial charge in [-0.25, -0.2) is 4.98 Å². The zero-order valence-corrected chi connectivity index (χ0v) is 14.7. The number of nitrogens with zero attached hydrogens (tertiary/aromatic N) is 2. The number of likely N-dealkylation sites (tertiary alicyclic amines) is 1. The van der Waals surface area contributed by atoms with Gasteiger partial charge in [0.15, 0.2) is 0 Å². The number of piperidine rings is 1. The van der Waals surface area contributed by atoms with E-state index in [1.807, 2.05) is 19.1 Å². The lowest BCUT2D eigenvalue weighted by Crippen LogP contribution is -2.46. The molecule has 1 atom stereocenters. The van der Waals surface area contributed by atoms with Crippen LogP contribution in [0.1, 0.15) is 61.3 Å². The molecular weight excluding hydrogens is 316 g/mol. The molecule has 1 aromatic heterocycles. The van der Waals surface area contributed by atoms with Crippen molar-refractivity contribution >= 4 is 16.9 Å². The van der Waals surface area contributed by atoms with Crippen molar-refractivity contribution in [2.24, 2.45) is 5.73 Å². The number of ether oxygens (including phenoxy) is 1. The number of fused-ring (bicyclic) bond motifs is 1. The van der Waals surface area contributed by atoms with Gasteiger partial charge in [0.25, 0.3) is 5.91 Å². The third-order valence-corrected chi connectivity index (χ3v) is 5.65. The van der Waals surface area contributed by atoms with Crippen molar-refractivity contribution in [1.82, 2.24) is 14.9 Å². The Hall–Kier alpha value is -1.92. The van der Waals surface area contributed by atoms with E-state index in [1.165, 1.54) is 19.3 Å². The molecule has 1 unspecified atom stereocenters. The maximum atomic E-state index is 11.6. The first kappa shape index (κ1) is 16.5. The van der Waals surface area contributed by atoms with Gasteiger partial charge in [0, 0.05) is 19.1 Å². The molecule has 1 saturated heterocycles. The summed E-state index contributed by atoms with van der Waals surface area (Å²) in [4.78, 5) is 22.0. The molecular formula is C19H26N4O2. The van der Waals surface area contributed by atoms with E-state index in [0.29, 0.717) is 11.1 Å². The Morgan fingerprint density at radius 1 is 1.32 bits per heavy atom. The van der Waals surface area contributed by atoms with E-state index in [1.54, 1.807) is 6.07 Å². The van der Waals surface area contributed by atoms with E-state index in [4.69, 9.17) is 10.5 Å². The molecule has 134 valence electrons. The summed E-state index contributed by atoms with van der Waals surface area (Å²) in [6, 6.07) is 6.24. The number of carbonyl (C=O) groups excluding carboxylic acids is 1. The summed E-state index contributed by atoms with van der Waals surface area (Å²) in [5.41, 5.74) is 7.33. The largest absolute Gasteiger partial charge is 0.367 e. The van der Waals surface area contributed by atoms with Crippen molar-refractivity contribution in [3.05, 3.63) is 29.6 Å². The van der Waals surface area contributed by atoms with Gasteiger partial charge in [-0.05, 0) is 44.7 Å². The minimum Gasteiger partial charge on any atom is -0.367 e. The van der Waals surface area contributed by atoms with Crippen LogP contribution < -0.4 is 5.73 Å². The first-order chi connectivity index (χ1) is 12.1. The predicted molar refractivity (Wildman–Crippen MR) is 96.3 cm³/mol. The van der Waals surface area contributed by atoms with E-state index >= 15 is 0 Å². The quantitative estimate of drug-likeness (QED) is 0.875. The number of hydrogen-bond donors (Lipinski definition) is 2. The first-order valence-electron chi connectivity index (χ1n) is 9.30. The van der Waals surface area contributed by atoms with Crippen molar-refractivity contribution < 1.29 is 9.53 Å². The molecule has 1 aliphatic heterocycles. The van der Waals surface area contributed by atoms with Crippen molar-refractivity contribution in [2.45, 2.75) is 57.3 Å². The molecule has 25 heavy (non-hydrogen) atoms. The second kappa shape index (κ2) is 6.77. The molecule has 2 aliphatic rings. The molecule has 4 rings (SSSR count). The fourth-order valence-corrected chi connectivity index (χ4v) is 3.92. The van der Waals surface area contributed by atoms with Crippen LogP contribution in [-0.2, 0) is 4.74 Å². The van der Waals surface area contributed by atoms with Gasteiger partial charge in [0.1, 0.15) is 17.4 Å². The van der Waals surface area contributed by atoms with Gasteiger partial charge in [-0.2, -0.15) is 0 Å². The number of para-hydroxylation sites is 1. The average molecular weight is 342 g/mol. The number of aromatic amines is 1.